The Morgan fingerprint density at radius 2 is 1.92 bits per heavy atom. The summed E-state index contributed by atoms with van der Waals surface area (Å²) in [5.74, 6) is -0.700. The van der Waals surface area contributed by atoms with Crippen molar-refractivity contribution in [1.82, 2.24) is 5.32 Å². The molecule has 128 valence electrons. The van der Waals surface area contributed by atoms with Crippen LogP contribution in [0.1, 0.15) is 34.2 Å². The fraction of sp³-hybridized carbons (Fsp3) is 0.333. The largest absolute Gasteiger partial charge is 0.497 e. The van der Waals surface area contributed by atoms with Gasteiger partial charge in [0.05, 0.1) is 7.11 Å². The lowest BCUT2D eigenvalue weighted by atomic mass is 10.1. The van der Waals surface area contributed by atoms with Crippen molar-refractivity contribution in [3.05, 3.63) is 51.7 Å². The summed E-state index contributed by atoms with van der Waals surface area (Å²) in [6, 6.07) is 9.72. The molecule has 0 aliphatic heterocycles. The molecule has 1 unspecified atom stereocenters. The molecule has 0 fully saturated rings. The van der Waals surface area contributed by atoms with Gasteiger partial charge in [0.25, 0.3) is 0 Å². The topological polar surface area (TPSA) is 75.6 Å². The number of rotatable bonds is 8. The third-order valence-electron chi connectivity index (χ3n) is 3.62. The maximum Gasteiger partial charge on any atom is 0.330 e. The van der Waals surface area contributed by atoms with Gasteiger partial charge in [-0.25, -0.2) is 4.79 Å². The number of nitrogens with one attached hydrogen (secondary N) is 1. The molecule has 5 nitrogen and oxygen atoms in total. The smallest absolute Gasteiger partial charge is 0.330 e. The highest BCUT2D eigenvalue weighted by molar-refractivity contribution is 7.11. The molecule has 0 aliphatic carbocycles. The minimum atomic E-state index is -1.08. The average molecular weight is 347 g/mol. The molecule has 1 aromatic heterocycles. The van der Waals surface area contributed by atoms with Crippen molar-refractivity contribution in [2.75, 3.05) is 7.11 Å². The molecule has 1 atom stereocenters. The molecule has 2 rings (SSSR count). The van der Waals surface area contributed by atoms with Crippen molar-refractivity contribution in [2.24, 2.45) is 0 Å². The van der Waals surface area contributed by atoms with Crippen molar-refractivity contribution < 1.29 is 19.4 Å². The first-order valence-electron chi connectivity index (χ1n) is 7.71. The van der Waals surface area contributed by atoms with Gasteiger partial charge in [-0.3, -0.25) is 4.79 Å². The first-order valence-corrected chi connectivity index (χ1v) is 8.52. The highest BCUT2D eigenvalue weighted by atomic mass is 32.1. The van der Waals surface area contributed by atoms with E-state index in [1.165, 1.54) is 9.75 Å². The van der Waals surface area contributed by atoms with Crippen molar-refractivity contribution >= 4 is 23.2 Å². The summed E-state index contributed by atoms with van der Waals surface area (Å²) in [6.07, 6.45) is 1.82. The minimum Gasteiger partial charge on any atom is -0.497 e. The Balaban J connectivity index is 1.89. The number of amides is 1. The van der Waals surface area contributed by atoms with E-state index in [2.05, 4.69) is 17.4 Å². The predicted octanol–water partition coefficient (Wildman–Crippen LogP) is 3.33. The van der Waals surface area contributed by atoms with Crippen LogP contribution in [0.2, 0.25) is 0 Å². The van der Waals surface area contributed by atoms with Gasteiger partial charge >= 0.3 is 5.97 Å². The van der Waals surface area contributed by atoms with Gasteiger partial charge in [-0.1, -0.05) is 12.1 Å². The van der Waals surface area contributed by atoms with Crippen LogP contribution in [0.15, 0.2) is 36.4 Å². The summed E-state index contributed by atoms with van der Waals surface area (Å²) in [5.41, 5.74) is 0.519. The van der Waals surface area contributed by atoms with Crippen LogP contribution < -0.4 is 10.1 Å². The number of aryl methyl sites for hydroxylation is 2. The Morgan fingerprint density at radius 1 is 1.21 bits per heavy atom. The number of carboxylic acid groups (broad SMARTS) is 1. The molecular formula is C18H21NO4S. The SMILES string of the molecule is COc1ccc(C(NC(=O)CCCc2ccc(C)s2)C(=O)O)cc1. The van der Waals surface area contributed by atoms with E-state index in [1.54, 1.807) is 42.7 Å². The summed E-state index contributed by atoms with van der Waals surface area (Å²) in [5, 5.41) is 11.9. The number of ether oxygens (including phenoxy) is 1. The van der Waals surface area contributed by atoms with E-state index in [-0.39, 0.29) is 5.91 Å². The molecule has 6 heteroatoms. The Morgan fingerprint density at radius 3 is 2.46 bits per heavy atom. The van der Waals surface area contributed by atoms with E-state index in [0.29, 0.717) is 24.2 Å². The van der Waals surface area contributed by atoms with Gasteiger partial charge in [0.15, 0.2) is 6.04 Å². The number of carbonyl (C=O) groups is 2. The molecule has 1 amide bonds. The number of carboxylic acids is 1. The predicted molar refractivity (Wildman–Crippen MR) is 93.5 cm³/mol. The Kier molecular flexibility index (Phi) is 6.37. The summed E-state index contributed by atoms with van der Waals surface area (Å²) < 4.78 is 5.05. The molecule has 0 saturated heterocycles. The van der Waals surface area contributed by atoms with Crippen LogP contribution in [0.4, 0.5) is 0 Å². The zero-order chi connectivity index (χ0) is 17.5. The lowest BCUT2D eigenvalue weighted by Crippen LogP contribution is -2.33. The molecule has 0 aliphatic rings. The molecule has 2 aromatic rings. The lowest BCUT2D eigenvalue weighted by Gasteiger charge is -2.15. The Labute approximate surface area is 145 Å². The normalized spacial score (nSPS) is 11.8. The minimum absolute atomic E-state index is 0.258. The molecule has 0 radical (unpaired) electrons. The zero-order valence-electron chi connectivity index (χ0n) is 13.7. The summed E-state index contributed by atoms with van der Waals surface area (Å²) in [7, 11) is 1.54. The Hall–Kier alpha value is -2.34. The van der Waals surface area contributed by atoms with E-state index in [4.69, 9.17) is 4.74 Å². The first-order chi connectivity index (χ1) is 11.5. The second-order valence-corrected chi connectivity index (χ2v) is 6.85. The van der Waals surface area contributed by atoms with Gasteiger partial charge in [0.2, 0.25) is 5.91 Å². The third-order valence-corrected chi connectivity index (χ3v) is 4.68. The van der Waals surface area contributed by atoms with Gasteiger partial charge in [0.1, 0.15) is 5.75 Å². The molecule has 0 bridgehead atoms. The van der Waals surface area contributed by atoms with Crippen molar-refractivity contribution in [1.29, 1.82) is 0 Å². The van der Waals surface area contributed by atoms with E-state index in [9.17, 15) is 14.7 Å². The second kappa shape index (κ2) is 8.49. The van der Waals surface area contributed by atoms with Crippen LogP contribution in [0.3, 0.4) is 0 Å². The maximum atomic E-state index is 12.1. The number of thiophene rings is 1. The molecule has 1 heterocycles. The lowest BCUT2D eigenvalue weighted by molar-refractivity contribution is -0.142. The van der Waals surface area contributed by atoms with Crippen LogP contribution in [-0.4, -0.2) is 24.1 Å². The van der Waals surface area contributed by atoms with Gasteiger partial charge in [-0.2, -0.15) is 0 Å². The fourth-order valence-corrected chi connectivity index (χ4v) is 3.29. The third kappa shape index (κ3) is 5.09. The summed E-state index contributed by atoms with van der Waals surface area (Å²) >= 11 is 1.72. The fourth-order valence-electron chi connectivity index (χ4n) is 2.36. The summed E-state index contributed by atoms with van der Waals surface area (Å²) in [6.45, 7) is 2.05. The maximum absolute atomic E-state index is 12.1. The van der Waals surface area contributed by atoms with Gasteiger partial charge < -0.3 is 15.2 Å². The molecule has 0 saturated carbocycles. The molecule has 0 spiro atoms. The summed E-state index contributed by atoms with van der Waals surface area (Å²) in [4.78, 5) is 26.0. The Bertz CT molecular complexity index is 693. The number of aliphatic carboxylic acids is 1. The first kappa shape index (κ1) is 18.0. The van der Waals surface area contributed by atoms with E-state index >= 15 is 0 Å². The van der Waals surface area contributed by atoms with Crippen LogP contribution >= 0.6 is 11.3 Å². The molecule has 1 aromatic carbocycles. The van der Waals surface area contributed by atoms with Crippen LogP contribution in [-0.2, 0) is 16.0 Å². The van der Waals surface area contributed by atoms with Crippen LogP contribution in [0.25, 0.3) is 0 Å². The van der Waals surface area contributed by atoms with E-state index in [0.717, 1.165) is 6.42 Å². The quantitative estimate of drug-likeness (QED) is 0.768. The van der Waals surface area contributed by atoms with Gasteiger partial charge in [0, 0.05) is 16.2 Å². The monoisotopic (exact) mass is 347 g/mol. The average Bonchev–Trinajstić information content (AvgIpc) is 2.98. The molecule has 2 N–H and O–H groups in total. The molecular weight excluding hydrogens is 326 g/mol. The van der Waals surface area contributed by atoms with Crippen LogP contribution in [0.5, 0.6) is 5.75 Å². The standard InChI is InChI=1S/C18H21NO4S/c1-12-6-11-15(24-12)4-3-5-16(20)19-17(18(21)22)13-7-9-14(23-2)10-8-13/h6-11,17H,3-5H2,1-2H3,(H,19,20)(H,21,22). The zero-order valence-corrected chi connectivity index (χ0v) is 14.6. The van der Waals surface area contributed by atoms with Crippen LogP contribution in [0, 0.1) is 6.92 Å². The highest BCUT2D eigenvalue weighted by Gasteiger charge is 2.21. The number of benzene rings is 1. The number of carbonyl (C=O) groups excluding carboxylic acids is 1. The molecule has 24 heavy (non-hydrogen) atoms. The number of hydrogen-bond acceptors (Lipinski definition) is 4. The van der Waals surface area contributed by atoms with Gasteiger partial charge in [-0.05, 0) is 49.6 Å². The van der Waals surface area contributed by atoms with Gasteiger partial charge in [-0.15, -0.1) is 11.3 Å². The van der Waals surface area contributed by atoms with E-state index < -0.39 is 12.0 Å². The second-order valence-electron chi connectivity index (χ2n) is 5.48. The van der Waals surface area contributed by atoms with Crippen molar-refractivity contribution in [3.8, 4) is 5.75 Å². The number of methoxy groups -OCH3 is 1. The van der Waals surface area contributed by atoms with Crippen molar-refractivity contribution in [3.63, 3.8) is 0 Å². The van der Waals surface area contributed by atoms with E-state index in [1.807, 2.05) is 6.92 Å². The number of hydrogen-bond donors (Lipinski definition) is 2. The van der Waals surface area contributed by atoms with Crippen molar-refractivity contribution in [2.45, 2.75) is 32.2 Å². The highest BCUT2D eigenvalue weighted by Crippen LogP contribution is 2.19.